The van der Waals surface area contributed by atoms with Crippen molar-refractivity contribution >= 4 is 0 Å². The number of alkyl halides is 3. The summed E-state index contributed by atoms with van der Waals surface area (Å²) in [5, 5.41) is 11.8. The normalized spacial score (nSPS) is 19.8. The maximum atomic E-state index is 12.6. The van der Waals surface area contributed by atoms with Crippen molar-refractivity contribution in [3.05, 3.63) is 23.4 Å². The molecular weight excluding hydrogens is 259 g/mol. The van der Waals surface area contributed by atoms with Crippen molar-refractivity contribution in [3.63, 3.8) is 0 Å². The molecule has 0 bridgehead atoms. The summed E-state index contributed by atoms with van der Waals surface area (Å²) in [5.41, 5.74) is -1.22. The number of hydrogen-bond acceptors (Lipinski definition) is 4. The van der Waals surface area contributed by atoms with E-state index in [1.54, 1.807) is 6.07 Å². The SMILES string of the molecule is N#Cc1cc(O[C@@H]2CCCNC2)nc(C(F)(F)F)c1. The summed E-state index contributed by atoms with van der Waals surface area (Å²) in [7, 11) is 0. The Morgan fingerprint density at radius 3 is 2.79 bits per heavy atom. The number of nitriles is 1. The van der Waals surface area contributed by atoms with Crippen molar-refractivity contribution in [1.29, 1.82) is 5.26 Å². The van der Waals surface area contributed by atoms with E-state index in [-0.39, 0.29) is 17.5 Å². The van der Waals surface area contributed by atoms with E-state index in [1.165, 1.54) is 6.07 Å². The monoisotopic (exact) mass is 271 g/mol. The zero-order valence-electron chi connectivity index (χ0n) is 10.00. The summed E-state index contributed by atoms with van der Waals surface area (Å²) in [6.07, 6.45) is -3.14. The Labute approximate surface area is 108 Å². The second kappa shape index (κ2) is 5.45. The van der Waals surface area contributed by atoms with E-state index in [2.05, 4.69) is 10.3 Å². The quantitative estimate of drug-likeness (QED) is 0.895. The van der Waals surface area contributed by atoms with Gasteiger partial charge >= 0.3 is 6.18 Å². The van der Waals surface area contributed by atoms with Crippen LogP contribution in [-0.2, 0) is 6.18 Å². The van der Waals surface area contributed by atoms with E-state index in [1.807, 2.05) is 0 Å². The van der Waals surface area contributed by atoms with Gasteiger partial charge in [0.05, 0.1) is 11.6 Å². The zero-order valence-corrected chi connectivity index (χ0v) is 10.00. The van der Waals surface area contributed by atoms with Crippen molar-refractivity contribution < 1.29 is 17.9 Å². The molecule has 1 saturated heterocycles. The molecule has 7 heteroatoms. The largest absolute Gasteiger partial charge is 0.473 e. The van der Waals surface area contributed by atoms with E-state index in [9.17, 15) is 13.2 Å². The summed E-state index contributed by atoms with van der Waals surface area (Å²) in [4.78, 5) is 3.42. The molecule has 0 spiro atoms. The number of ether oxygens (including phenoxy) is 1. The lowest BCUT2D eigenvalue weighted by Crippen LogP contribution is -2.37. The molecule has 1 N–H and O–H groups in total. The average molecular weight is 271 g/mol. The first-order chi connectivity index (χ1) is 8.99. The first-order valence-electron chi connectivity index (χ1n) is 5.86. The Kier molecular flexibility index (Phi) is 3.90. The van der Waals surface area contributed by atoms with Gasteiger partial charge in [0.25, 0.3) is 0 Å². The van der Waals surface area contributed by atoms with Gasteiger partial charge in [-0.05, 0) is 25.5 Å². The molecule has 19 heavy (non-hydrogen) atoms. The Hall–Kier alpha value is -1.81. The summed E-state index contributed by atoms with van der Waals surface area (Å²) >= 11 is 0. The van der Waals surface area contributed by atoms with Gasteiger partial charge in [0.2, 0.25) is 5.88 Å². The van der Waals surface area contributed by atoms with E-state index < -0.39 is 11.9 Å². The van der Waals surface area contributed by atoms with Crippen LogP contribution in [0.2, 0.25) is 0 Å². The molecule has 102 valence electrons. The second-order valence-electron chi connectivity index (χ2n) is 4.28. The van der Waals surface area contributed by atoms with Crippen LogP contribution in [0, 0.1) is 11.3 Å². The van der Waals surface area contributed by atoms with E-state index in [0.717, 1.165) is 19.4 Å². The van der Waals surface area contributed by atoms with Gasteiger partial charge < -0.3 is 10.1 Å². The highest BCUT2D eigenvalue weighted by Gasteiger charge is 2.33. The fourth-order valence-corrected chi connectivity index (χ4v) is 1.87. The predicted octanol–water partition coefficient (Wildman–Crippen LogP) is 2.10. The number of nitrogens with one attached hydrogen (secondary N) is 1. The number of hydrogen-bond donors (Lipinski definition) is 1. The van der Waals surface area contributed by atoms with Gasteiger partial charge in [0, 0.05) is 12.6 Å². The van der Waals surface area contributed by atoms with Crippen molar-refractivity contribution in [2.75, 3.05) is 13.1 Å². The van der Waals surface area contributed by atoms with Crippen molar-refractivity contribution in [2.24, 2.45) is 0 Å². The van der Waals surface area contributed by atoms with Gasteiger partial charge in [-0.2, -0.15) is 18.4 Å². The first-order valence-corrected chi connectivity index (χ1v) is 5.86. The number of halogens is 3. The third-order valence-corrected chi connectivity index (χ3v) is 2.76. The summed E-state index contributed by atoms with van der Waals surface area (Å²) in [5.74, 6) is -0.153. The van der Waals surface area contributed by atoms with Gasteiger partial charge in [-0.15, -0.1) is 0 Å². The van der Waals surface area contributed by atoms with Crippen molar-refractivity contribution in [2.45, 2.75) is 25.1 Å². The molecule has 2 rings (SSSR count). The Morgan fingerprint density at radius 2 is 2.21 bits per heavy atom. The standard InChI is InChI=1S/C12H12F3N3O/c13-12(14,15)10-4-8(6-16)5-11(18-10)19-9-2-1-3-17-7-9/h4-5,9,17H,1-3,7H2/t9-/m1/s1. The third-order valence-electron chi connectivity index (χ3n) is 2.76. The smallest absolute Gasteiger partial charge is 0.433 e. The van der Waals surface area contributed by atoms with Crippen LogP contribution in [0.1, 0.15) is 24.1 Å². The summed E-state index contributed by atoms with van der Waals surface area (Å²) in [6, 6.07) is 3.62. The molecule has 0 saturated carbocycles. The number of piperidine rings is 1. The van der Waals surface area contributed by atoms with Crippen LogP contribution in [0.15, 0.2) is 12.1 Å². The molecule has 4 nitrogen and oxygen atoms in total. The fourth-order valence-electron chi connectivity index (χ4n) is 1.87. The lowest BCUT2D eigenvalue weighted by atomic mass is 10.1. The minimum Gasteiger partial charge on any atom is -0.473 e. The van der Waals surface area contributed by atoms with Gasteiger partial charge in [0.1, 0.15) is 11.8 Å². The number of rotatable bonds is 2. The zero-order chi connectivity index (χ0) is 13.9. The van der Waals surface area contributed by atoms with Crippen LogP contribution in [-0.4, -0.2) is 24.2 Å². The van der Waals surface area contributed by atoms with Crippen LogP contribution in [0.25, 0.3) is 0 Å². The van der Waals surface area contributed by atoms with Crippen LogP contribution in [0.5, 0.6) is 5.88 Å². The molecule has 0 aliphatic carbocycles. The highest BCUT2D eigenvalue weighted by molar-refractivity contribution is 5.35. The Morgan fingerprint density at radius 1 is 1.42 bits per heavy atom. The molecule has 1 fully saturated rings. The molecule has 0 aromatic carbocycles. The van der Waals surface area contributed by atoms with Crippen LogP contribution >= 0.6 is 0 Å². The fraction of sp³-hybridized carbons (Fsp3) is 0.500. The maximum Gasteiger partial charge on any atom is 0.433 e. The van der Waals surface area contributed by atoms with Gasteiger partial charge in [0.15, 0.2) is 0 Å². The minimum atomic E-state index is -4.59. The maximum absolute atomic E-state index is 12.6. The van der Waals surface area contributed by atoms with Crippen LogP contribution < -0.4 is 10.1 Å². The molecular formula is C12H12F3N3O. The molecule has 1 aliphatic rings. The minimum absolute atomic E-state index is 0.110. The molecule has 0 amide bonds. The van der Waals surface area contributed by atoms with Crippen molar-refractivity contribution in [3.8, 4) is 11.9 Å². The van der Waals surface area contributed by atoms with E-state index in [4.69, 9.17) is 10.00 Å². The first kappa shape index (κ1) is 13.6. The molecule has 1 aromatic heterocycles. The Bertz CT molecular complexity index is 490. The van der Waals surface area contributed by atoms with Gasteiger partial charge in [-0.3, -0.25) is 0 Å². The Balaban J connectivity index is 2.22. The number of pyridine rings is 1. The topological polar surface area (TPSA) is 57.9 Å². The summed E-state index contributed by atoms with van der Waals surface area (Å²) < 4.78 is 43.3. The number of aromatic nitrogens is 1. The molecule has 1 atom stereocenters. The highest BCUT2D eigenvalue weighted by atomic mass is 19.4. The third kappa shape index (κ3) is 3.58. The molecule has 0 radical (unpaired) electrons. The van der Waals surface area contributed by atoms with Crippen LogP contribution in [0.4, 0.5) is 13.2 Å². The summed E-state index contributed by atoms with van der Waals surface area (Å²) in [6.45, 7) is 1.44. The average Bonchev–Trinajstić information content (AvgIpc) is 2.38. The van der Waals surface area contributed by atoms with Gasteiger partial charge in [-0.1, -0.05) is 0 Å². The highest BCUT2D eigenvalue weighted by Crippen LogP contribution is 2.30. The van der Waals surface area contributed by atoms with E-state index >= 15 is 0 Å². The molecule has 1 aliphatic heterocycles. The molecule has 2 heterocycles. The van der Waals surface area contributed by atoms with Crippen LogP contribution in [0.3, 0.4) is 0 Å². The molecule has 1 aromatic rings. The van der Waals surface area contributed by atoms with Crippen molar-refractivity contribution in [1.82, 2.24) is 10.3 Å². The lowest BCUT2D eigenvalue weighted by Gasteiger charge is -2.23. The molecule has 0 unspecified atom stereocenters. The van der Waals surface area contributed by atoms with E-state index in [0.29, 0.717) is 12.6 Å². The lowest BCUT2D eigenvalue weighted by molar-refractivity contribution is -0.141. The second-order valence-corrected chi connectivity index (χ2v) is 4.28. The predicted molar refractivity (Wildman–Crippen MR) is 60.5 cm³/mol. The number of nitrogens with zero attached hydrogens (tertiary/aromatic N) is 2. The van der Waals surface area contributed by atoms with Gasteiger partial charge in [-0.25, -0.2) is 4.98 Å².